The molecule has 0 saturated heterocycles. The number of hydrogen-bond acceptors (Lipinski definition) is 3. The second-order valence-electron chi connectivity index (χ2n) is 5.73. The van der Waals surface area contributed by atoms with Gasteiger partial charge in [-0.05, 0) is 23.8 Å². The van der Waals surface area contributed by atoms with E-state index in [0.29, 0.717) is 32.7 Å². The Hall–Kier alpha value is -2.84. The van der Waals surface area contributed by atoms with Crippen LogP contribution in [0.15, 0.2) is 54.7 Å². The molecular weight excluding hydrogens is 317 g/mol. The predicted molar refractivity (Wildman–Crippen MR) is 95.8 cm³/mol. The lowest BCUT2D eigenvalue weighted by Crippen LogP contribution is -2.20. The van der Waals surface area contributed by atoms with Gasteiger partial charge in [0, 0.05) is 36.7 Å². The van der Waals surface area contributed by atoms with Gasteiger partial charge >= 0.3 is 0 Å². The molecule has 0 aliphatic carbocycles. The van der Waals surface area contributed by atoms with Gasteiger partial charge in [-0.25, -0.2) is 4.39 Å². The number of aryl methyl sites for hydroxylation is 1. The van der Waals surface area contributed by atoms with Crippen molar-refractivity contribution >= 4 is 10.9 Å². The van der Waals surface area contributed by atoms with Crippen molar-refractivity contribution in [2.75, 3.05) is 13.2 Å². The number of nitrogens with one attached hydrogen (secondary N) is 1. The third-order valence-corrected chi connectivity index (χ3v) is 4.02. The maximum absolute atomic E-state index is 13.5. The fraction of sp³-hybridized carbons (Fsp3) is 0.250. The summed E-state index contributed by atoms with van der Waals surface area (Å²) in [7, 11) is 0. The van der Waals surface area contributed by atoms with Crippen LogP contribution in [0.5, 0.6) is 5.75 Å². The zero-order valence-corrected chi connectivity index (χ0v) is 13.9. The molecule has 0 bridgehead atoms. The number of nitrogens with zero attached hydrogens (tertiary/aromatic N) is 2. The number of rotatable bonds is 8. The van der Waals surface area contributed by atoms with Crippen molar-refractivity contribution in [1.29, 1.82) is 5.26 Å². The monoisotopic (exact) mass is 337 g/mol. The second kappa shape index (κ2) is 8.32. The number of nitriles is 1. The van der Waals surface area contributed by atoms with E-state index >= 15 is 0 Å². The Morgan fingerprint density at radius 1 is 1.12 bits per heavy atom. The van der Waals surface area contributed by atoms with Gasteiger partial charge in [0.15, 0.2) is 11.6 Å². The van der Waals surface area contributed by atoms with Crippen LogP contribution in [0.1, 0.15) is 12.0 Å². The van der Waals surface area contributed by atoms with Crippen LogP contribution in [0.4, 0.5) is 4.39 Å². The molecule has 128 valence electrons. The van der Waals surface area contributed by atoms with Crippen molar-refractivity contribution in [3.05, 3.63) is 66.1 Å². The van der Waals surface area contributed by atoms with E-state index in [2.05, 4.69) is 34.3 Å². The van der Waals surface area contributed by atoms with Crippen molar-refractivity contribution in [1.82, 2.24) is 9.88 Å². The molecule has 0 aliphatic heterocycles. The SMILES string of the molecule is N#CCCn1cc(CNCCOc2ccccc2F)c2ccccc21. The first-order valence-electron chi connectivity index (χ1n) is 8.31. The van der Waals surface area contributed by atoms with Crippen LogP contribution in [0.2, 0.25) is 0 Å². The Morgan fingerprint density at radius 2 is 1.92 bits per heavy atom. The fourth-order valence-electron chi connectivity index (χ4n) is 2.84. The highest BCUT2D eigenvalue weighted by Crippen LogP contribution is 2.21. The van der Waals surface area contributed by atoms with Gasteiger partial charge in [0.25, 0.3) is 0 Å². The Bertz CT molecular complexity index is 882. The average molecular weight is 337 g/mol. The van der Waals surface area contributed by atoms with Crippen LogP contribution in [-0.4, -0.2) is 17.7 Å². The maximum Gasteiger partial charge on any atom is 0.165 e. The molecule has 1 aromatic heterocycles. The number of fused-ring (bicyclic) bond motifs is 1. The van der Waals surface area contributed by atoms with Gasteiger partial charge in [0.05, 0.1) is 12.5 Å². The molecule has 4 nitrogen and oxygen atoms in total. The third-order valence-electron chi connectivity index (χ3n) is 4.02. The summed E-state index contributed by atoms with van der Waals surface area (Å²) in [6.07, 6.45) is 2.58. The summed E-state index contributed by atoms with van der Waals surface area (Å²) in [6.45, 7) is 2.40. The van der Waals surface area contributed by atoms with Gasteiger partial charge in [0.1, 0.15) is 6.61 Å². The summed E-state index contributed by atoms with van der Waals surface area (Å²) in [5, 5.41) is 13.3. The average Bonchev–Trinajstić information content (AvgIpc) is 2.99. The Balaban J connectivity index is 1.56. The molecule has 0 unspecified atom stereocenters. The Morgan fingerprint density at radius 3 is 2.76 bits per heavy atom. The number of ether oxygens (including phenoxy) is 1. The molecule has 0 atom stereocenters. The number of benzene rings is 2. The number of halogens is 1. The highest BCUT2D eigenvalue weighted by atomic mass is 19.1. The van der Waals surface area contributed by atoms with Crippen LogP contribution < -0.4 is 10.1 Å². The van der Waals surface area contributed by atoms with Crippen molar-refractivity contribution in [3.63, 3.8) is 0 Å². The van der Waals surface area contributed by atoms with Crippen LogP contribution in [0.25, 0.3) is 10.9 Å². The molecule has 25 heavy (non-hydrogen) atoms. The highest BCUT2D eigenvalue weighted by Gasteiger charge is 2.07. The summed E-state index contributed by atoms with van der Waals surface area (Å²) >= 11 is 0. The summed E-state index contributed by atoms with van der Waals surface area (Å²) in [4.78, 5) is 0. The minimum atomic E-state index is -0.344. The minimum Gasteiger partial charge on any atom is -0.489 e. The van der Waals surface area contributed by atoms with Crippen LogP contribution in [0, 0.1) is 17.1 Å². The molecule has 1 N–H and O–H groups in total. The Kier molecular flexibility index (Phi) is 5.65. The predicted octanol–water partition coefficient (Wildman–Crippen LogP) is 3.86. The molecular formula is C20H20FN3O. The number of aromatic nitrogens is 1. The smallest absolute Gasteiger partial charge is 0.165 e. The van der Waals surface area contributed by atoms with Crippen molar-refractivity contribution in [2.45, 2.75) is 19.5 Å². The largest absolute Gasteiger partial charge is 0.489 e. The van der Waals surface area contributed by atoms with E-state index in [1.165, 1.54) is 17.0 Å². The van der Waals surface area contributed by atoms with E-state index in [1.54, 1.807) is 18.2 Å². The second-order valence-corrected chi connectivity index (χ2v) is 5.73. The highest BCUT2D eigenvalue weighted by molar-refractivity contribution is 5.83. The van der Waals surface area contributed by atoms with Gasteiger partial charge in [-0.1, -0.05) is 30.3 Å². The molecule has 0 spiro atoms. The zero-order chi connectivity index (χ0) is 17.5. The van der Waals surface area contributed by atoms with Gasteiger partial charge in [-0.3, -0.25) is 0 Å². The maximum atomic E-state index is 13.5. The molecule has 1 heterocycles. The first-order valence-corrected chi connectivity index (χ1v) is 8.31. The third kappa shape index (κ3) is 4.17. The van der Waals surface area contributed by atoms with E-state index in [-0.39, 0.29) is 11.6 Å². The van der Waals surface area contributed by atoms with E-state index < -0.39 is 0 Å². The van der Waals surface area contributed by atoms with Crippen molar-refractivity contribution < 1.29 is 9.13 Å². The van der Waals surface area contributed by atoms with Gasteiger partial charge in [-0.2, -0.15) is 5.26 Å². The van der Waals surface area contributed by atoms with Crippen molar-refractivity contribution in [3.8, 4) is 11.8 Å². The molecule has 0 radical (unpaired) electrons. The topological polar surface area (TPSA) is 50.0 Å². The standard InChI is InChI=1S/C20H20FN3O/c21-18-7-2-4-9-20(18)25-13-11-23-14-16-15-24(12-5-10-22)19-8-3-1-6-17(16)19/h1-4,6-9,15,23H,5,11-14H2. The van der Waals surface area contributed by atoms with Gasteiger partial charge < -0.3 is 14.6 Å². The molecule has 3 aromatic rings. The quantitative estimate of drug-likeness (QED) is 0.635. The van der Waals surface area contributed by atoms with Gasteiger partial charge in [-0.15, -0.1) is 0 Å². The van der Waals surface area contributed by atoms with Crippen LogP contribution in [-0.2, 0) is 13.1 Å². The number of para-hydroxylation sites is 2. The van der Waals surface area contributed by atoms with Gasteiger partial charge in [0.2, 0.25) is 0 Å². The first-order chi connectivity index (χ1) is 12.3. The van der Waals surface area contributed by atoms with Crippen LogP contribution in [0.3, 0.4) is 0 Å². The molecule has 0 amide bonds. The van der Waals surface area contributed by atoms with E-state index in [9.17, 15) is 4.39 Å². The molecule has 3 rings (SSSR count). The lowest BCUT2D eigenvalue weighted by Gasteiger charge is -2.08. The molecule has 0 aliphatic rings. The zero-order valence-electron chi connectivity index (χ0n) is 13.9. The lowest BCUT2D eigenvalue weighted by molar-refractivity contribution is 0.298. The fourth-order valence-corrected chi connectivity index (χ4v) is 2.84. The van der Waals surface area contributed by atoms with E-state index in [4.69, 9.17) is 10.00 Å². The van der Waals surface area contributed by atoms with Crippen LogP contribution >= 0.6 is 0 Å². The normalized spacial score (nSPS) is 10.7. The molecule has 0 saturated carbocycles. The summed E-state index contributed by atoms with van der Waals surface area (Å²) in [5.74, 6) is -0.0690. The first kappa shape index (κ1) is 17.0. The lowest BCUT2D eigenvalue weighted by atomic mass is 10.2. The number of hydrogen-bond donors (Lipinski definition) is 1. The molecule has 0 fully saturated rings. The Labute approximate surface area is 146 Å². The van der Waals surface area contributed by atoms with E-state index in [0.717, 1.165) is 5.52 Å². The minimum absolute atomic E-state index is 0.275. The molecule has 5 heteroatoms. The van der Waals surface area contributed by atoms with Crippen molar-refractivity contribution in [2.24, 2.45) is 0 Å². The molecule has 2 aromatic carbocycles. The summed E-state index contributed by atoms with van der Waals surface area (Å²) < 4.78 is 21.0. The summed E-state index contributed by atoms with van der Waals surface area (Å²) in [6, 6.07) is 16.8. The summed E-state index contributed by atoms with van der Waals surface area (Å²) in [5.41, 5.74) is 2.32. The van der Waals surface area contributed by atoms with E-state index in [1.807, 2.05) is 12.1 Å².